The zero-order chi connectivity index (χ0) is 25.7. The second-order valence-electron chi connectivity index (χ2n) is 8.83. The lowest BCUT2D eigenvalue weighted by Gasteiger charge is -2.29. The molecule has 0 spiro atoms. The Hall–Kier alpha value is -3.79. The molecular formula is C26H32N4O6. The molecule has 10 nitrogen and oxygen atoms in total. The summed E-state index contributed by atoms with van der Waals surface area (Å²) in [4.78, 5) is 43.4. The third-order valence-electron chi connectivity index (χ3n) is 6.44. The number of benzene rings is 2. The fourth-order valence-corrected chi connectivity index (χ4v) is 4.50. The van der Waals surface area contributed by atoms with Gasteiger partial charge in [0.2, 0.25) is 17.7 Å². The Labute approximate surface area is 210 Å². The molecule has 10 heteroatoms. The van der Waals surface area contributed by atoms with Gasteiger partial charge in [-0.1, -0.05) is 0 Å². The van der Waals surface area contributed by atoms with Crippen LogP contribution in [0.1, 0.15) is 6.42 Å². The van der Waals surface area contributed by atoms with Crippen LogP contribution in [-0.4, -0.2) is 83.3 Å². The second kappa shape index (κ2) is 11.3. The number of amides is 3. The summed E-state index contributed by atoms with van der Waals surface area (Å²) in [6.45, 7) is 3.22. The molecule has 0 radical (unpaired) electrons. The average molecular weight is 497 g/mol. The van der Waals surface area contributed by atoms with E-state index in [1.165, 1.54) is 12.0 Å². The molecule has 0 bridgehead atoms. The van der Waals surface area contributed by atoms with E-state index in [9.17, 15) is 14.4 Å². The van der Waals surface area contributed by atoms with Crippen LogP contribution in [0.15, 0.2) is 42.5 Å². The quantitative estimate of drug-likeness (QED) is 0.597. The average Bonchev–Trinajstić information content (AvgIpc) is 3.30. The number of nitrogens with zero attached hydrogens (tertiary/aromatic N) is 3. The van der Waals surface area contributed by atoms with Crippen LogP contribution in [-0.2, 0) is 19.1 Å². The predicted octanol–water partition coefficient (Wildman–Crippen LogP) is 1.99. The van der Waals surface area contributed by atoms with Crippen molar-refractivity contribution < 1.29 is 28.6 Å². The molecule has 1 unspecified atom stereocenters. The van der Waals surface area contributed by atoms with Gasteiger partial charge in [-0.15, -0.1) is 0 Å². The number of anilines is 3. The van der Waals surface area contributed by atoms with Crippen LogP contribution in [0, 0.1) is 5.92 Å². The third-order valence-corrected chi connectivity index (χ3v) is 6.44. The Morgan fingerprint density at radius 1 is 1.03 bits per heavy atom. The summed E-state index contributed by atoms with van der Waals surface area (Å²) in [5, 5.41) is 2.84. The summed E-state index contributed by atoms with van der Waals surface area (Å²) in [5.41, 5.74) is 2.37. The molecule has 4 rings (SSSR count). The van der Waals surface area contributed by atoms with Crippen molar-refractivity contribution in [1.82, 2.24) is 4.90 Å². The van der Waals surface area contributed by atoms with Crippen molar-refractivity contribution in [2.45, 2.75) is 6.42 Å². The van der Waals surface area contributed by atoms with Crippen molar-refractivity contribution >= 4 is 34.8 Å². The van der Waals surface area contributed by atoms with Gasteiger partial charge in [0.05, 0.1) is 39.9 Å². The molecule has 2 aromatic rings. The lowest BCUT2D eigenvalue weighted by molar-refractivity contribution is -0.137. The summed E-state index contributed by atoms with van der Waals surface area (Å²) < 4.78 is 16.0. The number of likely N-dealkylation sites (N-methyl/N-ethyl adjacent to an activating group) is 1. The van der Waals surface area contributed by atoms with Gasteiger partial charge in [0.15, 0.2) is 11.5 Å². The standard InChI is InChI=1S/C26H32N4O6/c1-28(17-24(31)27-19-4-6-20(7-5-19)29-10-12-36-13-11-29)26(33)18-14-25(32)30(16-18)21-8-9-22(34-2)23(15-21)35-3/h4-9,15,18H,10-14,16-17H2,1-3H3,(H,27,31). The highest BCUT2D eigenvalue weighted by Crippen LogP contribution is 2.34. The molecule has 3 amide bonds. The molecule has 2 saturated heterocycles. The molecular weight excluding hydrogens is 464 g/mol. The van der Waals surface area contributed by atoms with E-state index in [4.69, 9.17) is 14.2 Å². The number of morpholine rings is 1. The van der Waals surface area contributed by atoms with Gasteiger partial charge in [-0.25, -0.2) is 0 Å². The Kier molecular flexibility index (Phi) is 7.94. The molecule has 2 fully saturated rings. The van der Waals surface area contributed by atoms with E-state index in [1.54, 1.807) is 37.3 Å². The molecule has 0 aliphatic carbocycles. The maximum Gasteiger partial charge on any atom is 0.243 e. The van der Waals surface area contributed by atoms with Gasteiger partial charge >= 0.3 is 0 Å². The number of carbonyl (C=O) groups excluding carboxylic acids is 3. The van der Waals surface area contributed by atoms with Crippen molar-refractivity contribution in [2.75, 3.05) is 75.8 Å². The van der Waals surface area contributed by atoms with Crippen LogP contribution >= 0.6 is 0 Å². The molecule has 2 aliphatic rings. The number of hydrogen-bond acceptors (Lipinski definition) is 7. The maximum absolute atomic E-state index is 13.0. The van der Waals surface area contributed by atoms with Gasteiger partial charge in [0, 0.05) is 56.2 Å². The maximum atomic E-state index is 13.0. The minimum atomic E-state index is -0.531. The third kappa shape index (κ3) is 5.71. The Morgan fingerprint density at radius 3 is 2.36 bits per heavy atom. The van der Waals surface area contributed by atoms with Crippen molar-refractivity contribution in [1.29, 1.82) is 0 Å². The molecule has 192 valence electrons. The minimum absolute atomic E-state index is 0.0855. The van der Waals surface area contributed by atoms with E-state index in [1.807, 2.05) is 24.3 Å². The summed E-state index contributed by atoms with van der Waals surface area (Å²) in [6, 6.07) is 12.8. The zero-order valence-corrected chi connectivity index (χ0v) is 20.9. The van der Waals surface area contributed by atoms with E-state index in [-0.39, 0.29) is 37.2 Å². The van der Waals surface area contributed by atoms with Crippen molar-refractivity contribution in [2.24, 2.45) is 5.92 Å². The van der Waals surface area contributed by atoms with Gasteiger partial charge in [-0.05, 0) is 36.4 Å². The smallest absolute Gasteiger partial charge is 0.243 e. The first-order valence-electron chi connectivity index (χ1n) is 11.9. The summed E-state index contributed by atoms with van der Waals surface area (Å²) in [7, 11) is 4.64. The van der Waals surface area contributed by atoms with Gasteiger partial charge in [-0.2, -0.15) is 0 Å². The van der Waals surface area contributed by atoms with E-state index in [2.05, 4.69) is 10.2 Å². The topological polar surface area (TPSA) is 101 Å². The molecule has 2 aliphatic heterocycles. The molecule has 36 heavy (non-hydrogen) atoms. The van der Waals surface area contributed by atoms with Gasteiger partial charge in [0.25, 0.3) is 0 Å². The first kappa shape index (κ1) is 25.3. The van der Waals surface area contributed by atoms with E-state index in [0.717, 1.165) is 18.8 Å². The zero-order valence-electron chi connectivity index (χ0n) is 20.9. The lowest BCUT2D eigenvalue weighted by atomic mass is 10.1. The largest absolute Gasteiger partial charge is 0.493 e. The van der Waals surface area contributed by atoms with Gasteiger partial charge in [0.1, 0.15) is 0 Å². The number of methoxy groups -OCH3 is 2. The van der Waals surface area contributed by atoms with Crippen molar-refractivity contribution in [3.05, 3.63) is 42.5 Å². The normalized spacial score (nSPS) is 17.6. The first-order chi connectivity index (χ1) is 17.4. The van der Waals surface area contributed by atoms with Crippen LogP contribution in [0.2, 0.25) is 0 Å². The molecule has 2 heterocycles. The molecule has 0 saturated carbocycles. The first-order valence-corrected chi connectivity index (χ1v) is 11.9. The van der Waals surface area contributed by atoms with Crippen molar-refractivity contribution in [3.63, 3.8) is 0 Å². The minimum Gasteiger partial charge on any atom is -0.493 e. The second-order valence-corrected chi connectivity index (χ2v) is 8.83. The van der Waals surface area contributed by atoms with E-state index < -0.39 is 5.92 Å². The number of ether oxygens (including phenoxy) is 3. The van der Waals surface area contributed by atoms with E-state index in [0.29, 0.717) is 36.1 Å². The van der Waals surface area contributed by atoms with Gasteiger partial charge < -0.3 is 34.2 Å². The van der Waals surface area contributed by atoms with E-state index >= 15 is 0 Å². The highest BCUT2D eigenvalue weighted by molar-refractivity contribution is 6.01. The number of nitrogens with one attached hydrogen (secondary N) is 1. The summed E-state index contributed by atoms with van der Waals surface area (Å²) in [6.07, 6.45) is 0.0855. The van der Waals surface area contributed by atoms with Crippen LogP contribution in [0.25, 0.3) is 0 Å². The van der Waals surface area contributed by atoms with Gasteiger partial charge in [-0.3, -0.25) is 14.4 Å². The Morgan fingerprint density at radius 2 is 1.69 bits per heavy atom. The Balaban J connectivity index is 1.31. The molecule has 1 N–H and O–H groups in total. The number of carbonyl (C=O) groups is 3. The van der Waals surface area contributed by atoms with Crippen LogP contribution in [0.3, 0.4) is 0 Å². The number of hydrogen-bond donors (Lipinski definition) is 1. The Bertz CT molecular complexity index is 1100. The molecule has 0 aromatic heterocycles. The lowest BCUT2D eigenvalue weighted by Crippen LogP contribution is -2.39. The van der Waals surface area contributed by atoms with Crippen LogP contribution < -0.4 is 24.6 Å². The highest BCUT2D eigenvalue weighted by atomic mass is 16.5. The SMILES string of the molecule is COc1ccc(N2CC(C(=O)N(C)CC(=O)Nc3ccc(N4CCOCC4)cc3)CC2=O)cc1OC. The fraction of sp³-hybridized carbons (Fsp3) is 0.423. The predicted molar refractivity (Wildman–Crippen MR) is 136 cm³/mol. The molecule has 2 aromatic carbocycles. The molecule has 1 atom stereocenters. The monoisotopic (exact) mass is 496 g/mol. The fourth-order valence-electron chi connectivity index (χ4n) is 4.50. The highest BCUT2D eigenvalue weighted by Gasteiger charge is 2.37. The summed E-state index contributed by atoms with van der Waals surface area (Å²) >= 11 is 0. The summed E-state index contributed by atoms with van der Waals surface area (Å²) in [5.74, 6) is -0.170. The van der Waals surface area contributed by atoms with Crippen molar-refractivity contribution in [3.8, 4) is 11.5 Å². The van der Waals surface area contributed by atoms with Crippen LogP contribution in [0.5, 0.6) is 11.5 Å². The number of rotatable bonds is 8. The van der Waals surface area contributed by atoms with Crippen LogP contribution in [0.4, 0.5) is 17.1 Å².